The van der Waals surface area contributed by atoms with Gasteiger partial charge in [-0.3, -0.25) is 0 Å². The Labute approximate surface area is 92.4 Å². The summed E-state index contributed by atoms with van der Waals surface area (Å²) in [5, 5.41) is 0. The van der Waals surface area contributed by atoms with Crippen LogP contribution in [0.4, 0.5) is 0 Å². The maximum Gasteiger partial charge on any atom is -0.0195 e. The van der Waals surface area contributed by atoms with Crippen molar-refractivity contribution in [2.24, 2.45) is 22.9 Å². The lowest BCUT2D eigenvalue weighted by Gasteiger charge is -1.48. The lowest BCUT2D eigenvalue weighted by molar-refractivity contribution is 1.09. The normalized spacial score (nSPS) is 4.29. The van der Waals surface area contributed by atoms with E-state index in [1.165, 1.54) is 41.0 Å². The standard InChI is InChI=1S/2C3H8.4CH5N/c2*1-3-2;4*1-2/h2*3H2,1-2H3;4*2H2,1H3. The van der Waals surface area contributed by atoms with E-state index in [1.54, 1.807) is 0 Å². The van der Waals surface area contributed by atoms with Gasteiger partial charge in [0.05, 0.1) is 0 Å². The second kappa shape index (κ2) is 532. The molecule has 0 atom stereocenters. The van der Waals surface area contributed by atoms with Crippen molar-refractivity contribution in [1.29, 1.82) is 0 Å². The van der Waals surface area contributed by atoms with Crippen molar-refractivity contribution < 1.29 is 0 Å². The first-order valence-electron chi connectivity index (χ1n) is 5.14. The predicted octanol–water partition coefficient (Wildman–Crippen LogP) is 1.13. The SMILES string of the molecule is CCC.CCC.CN.CN.CN.CN. The highest BCUT2D eigenvalue weighted by atomic mass is 14.4. The molecule has 4 heteroatoms. The number of hydrogen-bond acceptors (Lipinski definition) is 4. The van der Waals surface area contributed by atoms with Gasteiger partial charge >= 0.3 is 0 Å². The molecular formula is C10H36N4. The zero-order valence-electron chi connectivity index (χ0n) is 11.7. The fraction of sp³-hybridized carbons (Fsp3) is 1.00. The van der Waals surface area contributed by atoms with Gasteiger partial charge in [-0.15, -0.1) is 0 Å². The molecular weight excluding hydrogens is 176 g/mol. The van der Waals surface area contributed by atoms with Gasteiger partial charge in [-0.2, -0.15) is 0 Å². The summed E-state index contributed by atoms with van der Waals surface area (Å²) in [6, 6.07) is 0. The van der Waals surface area contributed by atoms with Gasteiger partial charge in [0.2, 0.25) is 0 Å². The second-order valence-electron chi connectivity index (χ2n) is 1.41. The van der Waals surface area contributed by atoms with Crippen molar-refractivity contribution in [2.45, 2.75) is 40.5 Å². The molecule has 4 nitrogen and oxygen atoms in total. The van der Waals surface area contributed by atoms with Gasteiger partial charge in [0.1, 0.15) is 0 Å². The van der Waals surface area contributed by atoms with Crippen LogP contribution in [-0.2, 0) is 0 Å². The summed E-state index contributed by atoms with van der Waals surface area (Å²) < 4.78 is 0. The molecule has 0 bridgehead atoms. The molecule has 0 aromatic rings. The molecule has 0 aliphatic heterocycles. The van der Waals surface area contributed by atoms with Crippen molar-refractivity contribution in [3.63, 3.8) is 0 Å². The largest absolute Gasteiger partial charge is 0.333 e. The molecule has 0 saturated heterocycles. The van der Waals surface area contributed by atoms with Crippen molar-refractivity contribution in [2.75, 3.05) is 28.2 Å². The summed E-state index contributed by atoms with van der Waals surface area (Å²) in [6.45, 7) is 8.50. The smallest absolute Gasteiger partial charge is 0.0195 e. The van der Waals surface area contributed by atoms with Crippen molar-refractivity contribution in [1.82, 2.24) is 0 Å². The predicted molar refractivity (Wildman–Crippen MR) is 72.4 cm³/mol. The van der Waals surface area contributed by atoms with Crippen LogP contribution in [0, 0.1) is 0 Å². The maximum atomic E-state index is 4.50. The molecule has 0 saturated carbocycles. The number of rotatable bonds is 0. The Morgan fingerprint density at radius 3 is 0.429 bits per heavy atom. The first-order chi connectivity index (χ1) is 6.83. The Balaban J connectivity index is -0.0000000139. The zero-order valence-corrected chi connectivity index (χ0v) is 11.7. The van der Waals surface area contributed by atoms with E-state index in [0.717, 1.165) is 0 Å². The van der Waals surface area contributed by atoms with Crippen LogP contribution < -0.4 is 22.9 Å². The van der Waals surface area contributed by atoms with Gasteiger partial charge in [-0.05, 0) is 28.2 Å². The third kappa shape index (κ3) is 54300. The van der Waals surface area contributed by atoms with E-state index in [-0.39, 0.29) is 0 Å². The van der Waals surface area contributed by atoms with E-state index in [0.29, 0.717) is 0 Å². The Kier molecular flexibility index (Phi) is 1410. The van der Waals surface area contributed by atoms with Crippen molar-refractivity contribution in [3.8, 4) is 0 Å². The Morgan fingerprint density at radius 1 is 0.429 bits per heavy atom. The molecule has 0 aromatic heterocycles. The van der Waals surface area contributed by atoms with Crippen LogP contribution in [0.1, 0.15) is 40.5 Å². The van der Waals surface area contributed by atoms with Crippen LogP contribution in [0.2, 0.25) is 0 Å². The average molecular weight is 212 g/mol. The number of nitrogens with two attached hydrogens (primary N) is 4. The molecule has 14 heavy (non-hydrogen) atoms. The van der Waals surface area contributed by atoms with Gasteiger partial charge in [0, 0.05) is 0 Å². The van der Waals surface area contributed by atoms with Gasteiger partial charge in [0.25, 0.3) is 0 Å². The molecule has 0 heterocycles. The molecule has 0 fully saturated rings. The molecule has 96 valence electrons. The monoisotopic (exact) mass is 212 g/mol. The van der Waals surface area contributed by atoms with Gasteiger partial charge < -0.3 is 22.9 Å². The van der Waals surface area contributed by atoms with Crippen LogP contribution >= 0.6 is 0 Å². The summed E-state index contributed by atoms with van der Waals surface area (Å²) in [4.78, 5) is 0. The highest BCUT2D eigenvalue weighted by molar-refractivity contribution is 3.92. The van der Waals surface area contributed by atoms with E-state index in [2.05, 4.69) is 50.6 Å². The summed E-state index contributed by atoms with van der Waals surface area (Å²) in [5.41, 5.74) is 18.0. The minimum absolute atomic E-state index is 1.25. The van der Waals surface area contributed by atoms with Crippen LogP contribution in [0.5, 0.6) is 0 Å². The first-order valence-corrected chi connectivity index (χ1v) is 5.14. The summed E-state index contributed by atoms with van der Waals surface area (Å²) in [7, 11) is 6.00. The Hall–Kier alpha value is -0.160. The zero-order chi connectivity index (χ0) is 13.4. The van der Waals surface area contributed by atoms with Crippen LogP contribution in [0.25, 0.3) is 0 Å². The summed E-state index contributed by atoms with van der Waals surface area (Å²) in [6.07, 6.45) is 2.50. The fourth-order valence-corrected chi connectivity index (χ4v) is 0. The van der Waals surface area contributed by atoms with Crippen LogP contribution in [0.3, 0.4) is 0 Å². The number of hydrogen-bond donors (Lipinski definition) is 4. The average Bonchev–Trinajstić information content (AvgIpc) is 2.31. The Morgan fingerprint density at radius 2 is 0.429 bits per heavy atom. The molecule has 0 aromatic carbocycles. The second-order valence-corrected chi connectivity index (χ2v) is 1.41. The molecule has 8 N–H and O–H groups in total. The Bertz CT molecular complexity index is 14.1. The summed E-state index contributed by atoms with van der Waals surface area (Å²) in [5.74, 6) is 0. The van der Waals surface area contributed by atoms with Gasteiger partial charge in [-0.1, -0.05) is 40.5 Å². The summed E-state index contributed by atoms with van der Waals surface area (Å²) >= 11 is 0. The van der Waals surface area contributed by atoms with E-state index in [4.69, 9.17) is 0 Å². The highest BCUT2D eigenvalue weighted by Crippen LogP contribution is 1.56. The molecule has 0 aliphatic rings. The third-order valence-corrected chi connectivity index (χ3v) is 0. The van der Waals surface area contributed by atoms with Gasteiger partial charge in [-0.25, -0.2) is 0 Å². The van der Waals surface area contributed by atoms with E-state index in [9.17, 15) is 0 Å². The lowest BCUT2D eigenvalue weighted by atomic mass is 10.6. The van der Waals surface area contributed by atoms with Crippen LogP contribution in [-0.4, -0.2) is 28.2 Å². The highest BCUT2D eigenvalue weighted by Gasteiger charge is 1.36. The topological polar surface area (TPSA) is 104 Å². The lowest BCUT2D eigenvalue weighted by Crippen LogP contribution is -1.69. The molecule has 0 amide bonds. The fourth-order valence-electron chi connectivity index (χ4n) is 0. The minimum atomic E-state index is 1.25. The molecule has 0 rings (SSSR count). The minimum Gasteiger partial charge on any atom is -0.333 e. The molecule has 0 aliphatic carbocycles. The first kappa shape index (κ1) is 37.1. The van der Waals surface area contributed by atoms with E-state index >= 15 is 0 Å². The van der Waals surface area contributed by atoms with E-state index in [1.807, 2.05) is 0 Å². The van der Waals surface area contributed by atoms with Crippen LogP contribution in [0.15, 0.2) is 0 Å². The third-order valence-electron chi connectivity index (χ3n) is 0. The maximum absolute atomic E-state index is 4.50. The molecule has 0 spiro atoms. The van der Waals surface area contributed by atoms with Crippen molar-refractivity contribution >= 4 is 0 Å². The van der Waals surface area contributed by atoms with Gasteiger partial charge in [0.15, 0.2) is 0 Å². The molecule has 0 radical (unpaired) electrons. The van der Waals surface area contributed by atoms with E-state index < -0.39 is 0 Å². The quantitative estimate of drug-likeness (QED) is 0.483. The van der Waals surface area contributed by atoms with Crippen molar-refractivity contribution in [3.05, 3.63) is 0 Å². The molecule has 0 unspecified atom stereocenters.